The molecular weight excluding hydrogens is 402 g/mol. The quantitative estimate of drug-likeness (QED) is 0.437. The third-order valence-electron chi connectivity index (χ3n) is 6.84. The van der Waals surface area contributed by atoms with Crippen molar-refractivity contribution in [3.63, 3.8) is 0 Å². The number of alkyl halides is 2. The molecule has 3 aliphatic carbocycles. The maximum absolute atomic E-state index is 13.6. The summed E-state index contributed by atoms with van der Waals surface area (Å²) in [6.07, 6.45) is 5.59. The minimum atomic E-state index is -5.88. The summed E-state index contributed by atoms with van der Waals surface area (Å²) in [5, 5.41) is -4.98. The maximum Gasteiger partial charge on any atom is 0.465 e. The molecule has 0 amide bonds. The van der Waals surface area contributed by atoms with E-state index in [0.29, 0.717) is 18.3 Å². The van der Waals surface area contributed by atoms with Crippen molar-refractivity contribution in [1.29, 1.82) is 0 Å². The molecule has 0 heterocycles. The highest BCUT2D eigenvalue weighted by Crippen LogP contribution is 2.64. The summed E-state index contributed by atoms with van der Waals surface area (Å²) in [4.78, 5) is 11.7. The van der Waals surface area contributed by atoms with Crippen molar-refractivity contribution in [2.45, 2.75) is 50.2 Å². The van der Waals surface area contributed by atoms with Crippen LogP contribution in [0.25, 0.3) is 0 Å². The molecule has 29 heavy (non-hydrogen) atoms. The molecule has 0 radical (unpaired) electrons. The average molecular weight is 426 g/mol. The van der Waals surface area contributed by atoms with E-state index in [9.17, 15) is 22.0 Å². The highest BCUT2D eigenvalue weighted by Gasteiger charge is 2.58. The van der Waals surface area contributed by atoms with Crippen molar-refractivity contribution in [1.82, 2.24) is 0 Å². The number of carbonyl (C=O) groups excluding carboxylic acids is 1. The Kier molecular flexibility index (Phi) is 4.48. The van der Waals surface area contributed by atoms with Crippen LogP contribution in [-0.2, 0) is 25.1 Å². The predicted octanol–water partition coefficient (Wildman–Crippen LogP) is 4.02. The van der Waals surface area contributed by atoms with E-state index in [-0.39, 0.29) is 12.0 Å². The molecule has 0 aromatic heterocycles. The van der Waals surface area contributed by atoms with E-state index in [0.717, 1.165) is 24.8 Å². The monoisotopic (exact) mass is 426 g/mol. The second-order valence-corrected chi connectivity index (χ2v) is 10.7. The van der Waals surface area contributed by atoms with Gasteiger partial charge >= 0.3 is 21.3 Å². The van der Waals surface area contributed by atoms with E-state index < -0.39 is 26.8 Å². The van der Waals surface area contributed by atoms with Crippen LogP contribution in [0.5, 0.6) is 0 Å². The van der Waals surface area contributed by atoms with Gasteiger partial charge < -0.3 is 4.74 Å². The normalized spacial score (nSPS) is 33.5. The topological polar surface area (TPSA) is 80.7 Å². The first-order chi connectivity index (χ1) is 13.4. The largest absolute Gasteiger partial charge is 0.465 e. The molecule has 0 saturated heterocycles. The van der Waals surface area contributed by atoms with E-state index in [4.69, 9.17) is 9.29 Å². The van der Waals surface area contributed by atoms with Crippen molar-refractivity contribution in [2.24, 2.45) is 17.3 Å². The van der Waals surface area contributed by atoms with Gasteiger partial charge in [-0.3, -0.25) is 4.55 Å². The molecule has 2 fully saturated rings. The zero-order valence-corrected chi connectivity index (χ0v) is 17.1. The third-order valence-corrected chi connectivity index (χ3v) is 7.66. The highest BCUT2D eigenvalue weighted by molar-refractivity contribution is 7.87. The molecule has 4 atom stereocenters. The van der Waals surface area contributed by atoms with Gasteiger partial charge in [-0.1, -0.05) is 48.4 Å². The van der Waals surface area contributed by atoms with Crippen LogP contribution in [0.1, 0.15) is 43.7 Å². The van der Waals surface area contributed by atoms with Crippen molar-refractivity contribution in [3.05, 3.63) is 47.0 Å². The van der Waals surface area contributed by atoms with Crippen LogP contribution in [0.2, 0.25) is 0 Å². The first kappa shape index (κ1) is 20.5. The minimum Gasteiger partial charge on any atom is -0.459 e. The molecule has 4 rings (SSSR count). The lowest BCUT2D eigenvalue weighted by Gasteiger charge is -2.41. The fourth-order valence-corrected chi connectivity index (χ4v) is 5.87. The number of fused-ring (bicyclic) bond motifs is 1. The fourth-order valence-electron chi connectivity index (χ4n) is 5.60. The van der Waals surface area contributed by atoms with Crippen molar-refractivity contribution in [2.75, 3.05) is 6.61 Å². The maximum atomic E-state index is 13.6. The number of benzene rings is 1. The van der Waals surface area contributed by atoms with E-state index >= 15 is 0 Å². The number of allylic oxidation sites excluding steroid dienone is 1. The van der Waals surface area contributed by atoms with Crippen molar-refractivity contribution >= 4 is 16.1 Å². The summed E-state index contributed by atoms with van der Waals surface area (Å²) in [7, 11) is -5.88. The highest BCUT2D eigenvalue weighted by atomic mass is 32.2. The predicted molar refractivity (Wildman–Crippen MR) is 102 cm³/mol. The Morgan fingerprint density at radius 2 is 1.93 bits per heavy atom. The Labute approximate surface area is 168 Å². The zero-order chi connectivity index (χ0) is 21.2. The van der Waals surface area contributed by atoms with Gasteiger partial charge in [0.05, 0.1) is 0 Å². The smallest absolute Gasteiger partial charge is 0.459 e. The lowest BCUT2D eigenvalue weighted by Crippen LogP contribution is -2.42. The number of halogens is 2. The Morgan fingerprint density at radius 1 is 1.28 bits per heavy atom. The SMILES string of the molecule is Cc1ccc(C23CC4CC(=CC(C)(COC(=O)C(F)(F)S(=O)(=O)O)C2)C4C3)cc1. The van der Waals surface area contributed by atoms with Gasteiger partial charge in [0.25, 0.3) is 0 Å². The lowest BCUT2D eigenvalue weighted by atomic mass is 9.64. The van der Waals surface area contributed by atoms with E-state index in [1.807, 2.05) is 19.9 Å². The van der Waals surface area contributed by atoms with E-state index in [2.05, 4.69) is 24.3 Å². The van der Waals surface area contributed by atoms with Crippen LogP contribution in [0.3, 0.4) is 0 Å². The third kappa shape index (κ3) is 3.30. The van der Waals surface area contributed by atoms with Gasteiger partial charge in [-0.25, -0.2) is 4.79 Å². The molecule has 3 aliphatic rings. The number of hydrogen-bond donors (Lipinski definition) is 1. The number of hydrogen-bond acceptors (Lipinski definition) is 4. The van der Waals surface area contributed by atoms with E-state index in [1.54, 1.807) is 0 Å². The standard InChI is InChI=1S/C21H24F2O5S/c1-13-3-5-16(6-4-13)20-9-15-7-14(17(15)10-20)8-19(2,11-20)12-28-18(24)21(22,23)29(25,26)27/h3-6,8,15,17H,7,9-12H2,1-2H3,(H,25,26,27). The van der Waals surface area contributed by atoms with Crippen LogP contribution in [-0.4, -0.2) is 30.8 Å². The Hall–Kier alpha value is -1.80. The summed E-state index contributed by atoms with van der Waals surface area (Å²) in [5.41, 5.74) is 2.78. The van der Waals surface area contributed by atoms with Crippen LogP contribution < -0.4 is 0 Å². The van der Waals surface area contributed by atoms with Crippen molar-refractivity contribution in [3.8, 4) is 0 Å². The second-order valence-electron chi connectivity index (χ2n) is 9.24. The van der Waals surface area contributed by atoms with Gasteiger partial charge in [0.15, 0.2) is 0 Å². The summed E-state index contributed by atoms with van der Waals surface area (Å²) < 4.78 is 62.1. The molecule has 5 nitrogen and oxygen atoms in total. The Morgan fingerprint density at radius 3 is 2.55 bits per heavy atom. The first-order valence-corrected chi connectivity index (χ1v) is 11.1. The number of ether oxygens (including phenoxy) is 1. The summed E-state index contributed by atoms with van der Waals surface area (Å²) in [5.74, 6) is -1.16. The molecule has 0 aliphatic heterocycles. The van der Waals surface area contributed by atoms with Gasteiger partial charge in [-0.15, -0.1) is 0 Å². The van der Waals surface area contributed by atoms with Crippen LogP contribution in [0.4, 0.5) is 8.78 Å². The second kappa shape index (κ2) is 6.35. The van der Waals surface area contributed by atoms with Gasteiger partial charge in [-0.2, -0.15) is 17.2 Å². The van der Waals surface area contributed by atoms with E-state index in [1.165, 1.54) is 11.1 Å². The number of rotatable bonds is 5. The molecule has 4 unspecified atom stereocenters. The number of esters is 1. The molecule has 158 valence electrons. The molecule has 2 saturated carbocycles. The van der Waals surface area contributed by atoms with Crippen LogP contribution >= 0.6 is 0 Å². The molecule has 1 aromatic carbocycles. The Balaban J connectivity index is 1.60. The summed E-state index contributed by atoms with van der Waals surface area (Å²) in [6, 6.07) is 8.36. The molecule has 1 N–H and O–H groups in total. The fraction of sp³-hybridized carbons (Fsp3) is 0.571. The van der Waals surface area contributed by atoms with Gasteiger partial charge in [-0.05, 0) is 55.4 Å². The molecule has 0 spiro atoms. The molecular formula is C21H24F2O5S. The minimum absolute atomic E-state index is 0.134. The molecule has 1 aromatic rings. The number of carbonyl (C=O) groups is 1. The summed E-state index contributed by atoms with van der Waals surface area (Å²) >= 11 is 0. The van der Waals surface area contributed by atoms with Gasteiger partial charge in [0.1, 0.15) is 6.61 Å². The van der Waals surface area contributed by atoms with Crippen molar-refractivity contribution < 1.29 is 31.3 Å². The van der Waals surface area contributed by atoms with Gasteiger partial charge in [0, 0.05) is 5.41 Å². The number of aryl methyl sites for hydroxylation is 1. The average Bonchev–Trinajstić information content (AvgIpc) is 2.84. The zero-order valence-electron chi connectivity index (χ0n) is 16.3. The molecule has 2 bridgehead atoms. The first-order valence-electron chi connectivity index (χ1n) is 9.66. The lowest BCUT2D eigenvalue weighted by molar-refractivity contribution is -0.164. The Bertz CT molecular complexity index is 985. The van der Waals surface area contributed by atoms with Crippen LogP contribution in [0, 0.1) is 24.2 Å². The summed E-state index contributed by atoms with van der Waals surface area (Å²) in [6.45, 7) is 3.50. The van der Waals surface area contributed by atoms with Crippen LogP contribution in [0.15, 0.2) is 35.9 Å². The van der Waals surface area contributed by atoms with Gasteiger partial charge in [0.2, 0.25) is 0 Å². The molecule has 8 heteroatoms.